The third-order valence-electron chi connectivity index (χ3n) is 8.61. The van der Waals surface area contributed by atoms with Crippen LogP contribution >= 0.6 is 23.1 Å². The van der Waals surface area contributed by atoms with Crippen LogP contribution < -0.4 is 0 Å². The number of hydrogen-bond donors (Lipinski definition) is 2. The normalized spacial score (nSPS) is 36.8. The average Bonchev–Trinajstić information content (AvgIpc) is 3.23. The van der Waals surface area contributed by atoms with Crippen LogP contribution in [0, 0.1) is 28.6 Å². The van der Waals surface area contributed by atoms with Gasteiger partial charge >= 0.3 is 5.97 Å². The van der Waals surface area contributed by atoms with E-state index in [1.807, 2.05) is 31.6 Å². The Hall–Kier alpha value is -1.22. The minimum absolute atomic E-state index is 0.0159. The lowest BCUT2D eigenvalue weighted by atomic mass is 9.73. The van der Waals surface area contributed by atoms with Gasteiger partial charge in [-0.3, -0.25) is 9.59 Å². The number of aliphatic hydroxyl groups excluding tert-OH is 2. The van der Waals surface area contributed by atoms with Gasteiger partial charge in [0.2, 0.25) is 0 Å². The molecule has 6 nitrogen and oxygen atoms in total. The van der Waals surface area contributed by atoms with E-state index in [4.69, 9.17) is 4.74 Å². The summed E-state index contributed by atoms with van der Waals surface area (Å²) in [6, 6.07) is 0. The molecule has 0 spiro atoms. The Bertz CT molecular complexity index is 973. The molecule has 1 aromatic heterocycles. The van der Waals surface area contributed by atoms with E-state index < -0.39 is 35.6 Å². The van der Waals surface area contributed by atoms with Gasteiger partial charge < -0.3 is 14.9 Å². The van der Waals surface area contributed by atoms with E-state index in [2.05, 4.69) is 11.9 Å². The molecule has 0 radical (unpaired) electrons. The Morgan fingerprint density at radius 1 is 1.25 bits per heavy atom. The minimum Gasteiger partial charge on any atom is -0.458 e. The summed E-state index contributed by atoms with van der Waals surface area (Å²) >= 11 is 3.19. The highest BCUT2D eigenvalue weighted by atomic mass is 32.2. The predicted octanol–water partition coefficient (Wildman–Crippen LogP) is 5.76. The number of cyclic esters (lactones) is 1. The van der Waals surface area contributed by atoms with Crippen molar-refractivity contribution in [2.45, 2.75) is 103 Å². The Morgan fingerprint density at radius 2 is 1.94 bits per heavy atom. The third-order valence-corrected chi connectivity index (χ3v) is 10.5. The fourth-order valence-electron chi connectivity index (χ4n) is 5.54. The van der Waals surface area contributed by atoms with Gasteiger partial charge in [0.05, 0.1) is 29.7 Å². The van der Waals surface area contributed by atoms with Crippen molar-refractivity contribution in [1.29, 1.82) is 0 Å². The van der Waals surface area contributed by atoms with Crippen molar-refractivity contribution in [2.75, 3.05) is 6.26 Å². The number of carbonyl (C=O) groups excluding carboxylic acids is 2. The molecule has 202 valence electrons. The Morgan fingerprint density at radius 3 is 2.58 bits per heavy atom. The molecule has 7 atom stereocenters. The van der Waals surface area contributed by atoms with Crippen LogP contribution in [0.4, 0.5) is 0 Å². The van der Waals surface area contributed by atoms with E-state index in [1.54, 1.807) is 43.9 Å². The number of hydrogen-bond acceptors (Lipinski definition) is 8. The topological polar surface area (TPSA) is 96.7 Å². The quantitative estimate of drug-likeness (QED) is 0.374. The second kappa shape index (κ2) is 11.7. The highest BCUT2D eigenvalue weighted by Crippen LogP contribution is 2.58. The number of carbonyl (C=O) groups is 2. The number of esters is 1. The highest BCUT2D eigenvalue weighted by Gasteiger charge is 2.50. The number of rotatable bonds is 3. The molecular weight excluding hydrogens is 494 g/mol. The molecule has 4 unspecified atom stereocenters. The van der Waals surface area contributed by atoms with E-state index in [-0.39, 0.29) is 23.5 Å². The summed E-state index contributed by atoms with van der Waals surface area (Å²) in [7, 11) is 0. The summed E-state index contributed by atoms with van der Waals surface area (Å²) in [4.78, 5) is 30.9. The zero-order valence-corrected chi connectivity index (χ0v) is 24.4. The van der Waals surface area contributed by atoms with Crippen molar-refractivity contribution >= 4 is 40.9 Å². The minimum atomic E-state index is -1.20. The Labute approximate surface area is 224 Å². The summed E-state index contributed by atoms with van der Waals surface area (Å²) < 4.78 is 6.96. The fourth-order valence-corrected chi connectivity index (χ4v) is 6.76. The maximum atomic E-state index is 13.3. The molecule has 1 saturated carbocycles. The van der Waals surface area contributed by atoms with Gasteiger partial charge in [-0.1, -0.05) is 52.8 Å². The highest BCUT2D eigenvalue weighted by molar-refractivity contribution is 8.00. The SMILES string of the molecule is CSc1nc(/C=C(\C)C2CC3CC3(C)CCC[C@H](C)C(O)[C@@H](C)C(=O)C(C)(C)[C@@H](O)CC(=O)O2)cs1. The largest absolute Gasteiger partial charge is 0.458 e. The number of Topliss-reactive ketones (excluding diaryl/α,β-unsaturated/α-hetero) is 1. The Kier molecular flexibility index (Phi) is 9.51. The first-order chi connectivity index (χ1) is 16.8. The molecule has 1 aliphatic carbocycles. The number of thiazole rings is 1. The van der Waals surface area contributed by atoms with Gasteiger partial charge in [0, 0.05) is 11.3 Å². The maximum Gasteiger partial charge on any atom is 0.309 e. The monoisotopic (exact) mass is 537 g/mol. The van der Waals surface area contributed by atoms with Crippen molar-refractivity contribution in [3.8, 4) is 0 Å². The number of ketones is 1. The van der Waals surface area contributed by atoms with Crippen molar-refractivity contribution < 1.29 is 24.5 Å². The fraction of sp³-hybridized carbons (Fsp3) is 0.750. The van der Waals surface area contributed by atoms with Crippen LogP contribution in [-0.4, -0.2) is 51.5 Å². The molecule has 0 aromatic carbocycles. The lowest BCUT2D eigenvalue weighted by Gasteiger charge is -2.34. The average molecular weight is 538 g/mol. The molecule has 2 fully saturated rings. The summed E-state index contributed by atoms with van der Waals surface area (Å²) in [5.41, 5.74) is 0.812. The van der Waals surface area contributed by atoms with Gasteiger partial charge in [-0.15, -0.1) is 11.3 Å². The van der Waals surface area contributed by atoms with Crippen LogP contribution in [0.15, 0.2) is 15.3 Å². The van der Waals surface area contributed by atoms with Gasteiger partial charge in [0.1, 0.15) is 16.2 Å². The lowest BCUT2D eigenvalue weighted by Crippen LogP contribution is -2.45. The van der Waals surface area contributed by atoms with Crippen molar-refractivity contribution in [2.24, 2.45) is 28.6 Å². The first-order valence-corrected chi connectivity index (χ1v) is 15.2. The van der Waals surface area contributed by atoms with Crippen LogP contribution in [0.2, 0.25) is 0 Å². The van der Waals surface area contributed by atoms with Crippen molar-refractivity contribution in [1.82, 2.24) is 4.98 Å². The van der Waals surface area contributed by atoms with E-state index in [0.29, 0.717) is 5.92 Å². The number of nitrogens with zero attached hydrogens (tertiary/aromatic N) is 1. The van der Waals surface area contributed by atoms with E-state index in [9.17, 15) is 19.8 Å². The molecule has 2 heterocycles. The molecule has 8 heteroatoms. The van der Waals surface area contributed by atoms with Crippen LogP contribution in [0.25, 0.3) is 6.08 Å². The first kappa shape index (κ1) is 29.3. The number of aliphatic hydroxyl groups is 2. The van der Waals surface area contributed by atoms with Gasteiger partial charge in [0.15, 0.2) is 0 Å². The molecule has 1 aromatic rings. The van der Waals surface area contributed by atoms with Crippen molar-refractivity contribution in [3.63, 3.8) is 0 Å². The van der Waals surface area contributed by atoms with E-state index in [1.165, 1.54) is 0 Å². The van der Waals surface area contributed by atoms with Gasteiger partial charge in [-0.25, -0.2) is 4.98 Å². The second-order valence-electron chi connectivity index (χ2n) is 11.9. The number of aromatic nitrogens is 1. The molecule has 0 bridgehead atoms. The Balaban J connectivity index is 1.85. The molecule has 1 saturated heterocycles. The summed E-state index contributed by atoms with van der Waals surface area (Å²) in [5.74, 6) is -0.937. The van der Waals surface area contributed by atoms with Gasteiger partial charge in [0.25, 0.3) is 0 Å². The zero-order chi connectivity index (χ0) is 26.8. The molecule has 1 aliphatic heterocycles. The standard InChI is InChI=1S/C28H43NO5S2/c1-16-9-8-10-28(6)14-19(28)12-21(17(2)11-20-15-36-26(29-20)35-7)34-23(31)13-22(30)27(4,5)25(33)18(3)24(16)32/h11,15-16,18-19,21-22,24,30,32H,8-10,12-14H2,1-7H3/b17-11+/t16-,18+,19?,21?,22-,24?,28?/m0/s1. The molecular formula is C28H43NO5S2. The van der Waals surface area contributed by atoms with Crippen molar-refractivity contribution in [3.05, 3.63) is 16.6 Å². The predicted molar refractivity (Wildman–Crippen MR) is 146 cm³/mol. The molecule has 36 heavy (non-hydrogen) atoms. The smallest absolute Gasteiger partial charge is 0.309 e. The number of ether oxygens (including phenoxy) is 1. The maximum absolute atomic E-state index is 13.3. The second-order valence-corrected chi connectivity index (χ2v) is 13.8. The lowest BCUT2D eigenvalue weighted by molar-refractivity contribution is -0.154. The zero-order valence-electron chi connectivity index (χ0n) is 22.7. The molecule has 2 N–H and O–H groups in total. The van der Waals surface area contributed by atoms with Gasteiger partial charge in [-0.2, -0.15) is 0 Å². The molecule has 0 amide bonds. The van der Waals surface area contributed by atoms with Gasteiger partial charge in [-0.05, 0) is 67.8 Å². The summed E-state index contributed by atoms with van der Waals surface area (Å²) in [5, 5.41) is 23.8. The summed E-state index contributed by atoms with van der Waals surface area (Å²) in [6.07, 6.45) is 6.04. The third kappa shape index (κ3) is 6.80. The van der Waals surface area contributed by atoms with Crippen LogP contribution in [0.3, 0.4) is 0 Å². The molecule has 3 rings (SSSR count). The number of thioether (sulfide) groups is 1. The summed E-state index contributed by atoms with van der Waals surface area (Å²) in [6.45, 7) is 11.3. The van der Waals surface area contributed by atoms with Crippen LogP contribution in [0.5, 0.6) is 0 Å². The van der Waals surface area contributed by atoms with Crippen LogP contribution in [0.1, 0.15) is 85.8 Å². The first-order valence-electron chi connectivity index (χ1n) is 13.1. The molecule has 2 aliphatic rings. The van der Waals surface area contributed by atoms with E-state index in [0.717, 1.165) is 47.7 Å². The number of fused-ring (bicyclic) bond motifs is 1. The van der Waals surface area contributed by atoms with E-state index >= 15 is 0 Å². The van der Waals surface area contributed by atoms with Crippen LogP contribution in [-0.2, 0) is 14.3 Å².